The van der Waals surface area contributed by atoms with Crippen LogP contribution >= 0.6 is 11.3 Å². The Morgan fingerprint density at radius 3 is 2.23 bits per heavy atom. The second-order valence-electron chi connectivity index (χ2n) is 9.51. The maximum Gasteiger partial charge on any atom is 0.301 e. The first-order valence-electron chi connectivity index (χ1n) is 13.0. The highest BCUT2D eigenvalue weighted by Gasteiger charge is 2.48. The molecule has 0 aliphatic carbocycles. The smallest absolute Gasteiger partial charge is 0.301 e. The number of Topliss-reactive ketones (excluding diaryl/α,β-unsaturated/α-hetero) is 1. The van der Waals surface area contributed by atoms with Gasteiger partial charge in [-0.3, -0.25) is 14.5 Å². The number of anilines is 1. The van der Waals surface area contributed by atoms with Crippen molar-refractivity contribution in [2.45, 2.75) is 39.7 Å². The second-order valence-corrected chi connectivity index (χ2v) is 10.5. The monoisotopic (exact) mass is 542 g/mol. The summed E-state index contributed by atoms with van der Waals surface area (Å²) in [7, 11) is 0. The van der Waals surface area contributed by atoms with Crippen LogP contribution in [0.5, 0.6) is 11.5 Å². The van der Waals surface area contributed by atoms with Crippen LogP contribution in [0.15, 0.2) is 72.3 Å². The fraction of sp³-hybridized carbons (Fsp3) is 0.258. The van der Waals surface area contributed by atoms with Gasteiger partial charge >= 0.3 is 5.91 Å². The van der Waals surface area contributed by atoms with Crippen LogP contribution in [-0.2, 0) is 9.59 Å². The van der Waals surface area contributed by atoms with Gasteiger partial charge in [0.2, 0.25) is 0 Å². The maximum atomic E-state index is 13.5. The molecule has 1 atom stereocenters. The fourth-order valence-electron chi connectivity index (χ4n) is 4.69. The standard InChI is InChI=1S/C31H30N2O5S/c1-5-37-22-13-11-21(12-14-22)28(34)26-27(20-9-7-19(8-10-20)18(3)4)33(30(36)29(26)35)31-32-24-16-15-23(38-6-2)17-25(24)39-31/h7-18,27,34H,5-6H2,1-4H3/b28-26+. The number of carbonyl (C=O) groups excluding carboxylic acids is 2. The van der Waals surface area contributed by atoms with E-state index in [-0.39, 0.29) is 11.3 Å². The molecule has 1 N–H and O–H groups in total. The van der Waals surface area contributed by atoms with Crippen LogP contribution in [0.1, 0.15) is 56.3 Å². The molecule has 1 unspecified atom stereocenters. The average molecular weight is 543 g/mol. The number of rotatable bonds is 8. The summed E-state index contributed by atoms with van der Waals surface area (Å²) in [5.41, 5.74) is 2.98. The van der Waals surface area contributed by atoms with Gasteiger partial charge in [0, 0.05) is 5.56 Å². The zero-order valence-corrected chi connectivity index (χ0v) is 23.1. The fourth-order valence-corrected chi connectivity index (χ4v) is 5.71. The molecular formula is C31H30N2O5S. The van der Waals surface area contributed by atoms with Crippen molar-refractivity contribution in [2.75, 3.05) is 18.1 Å². The summed E-state index contributed by atoms with van der Waals surface area (Å²) in [4.78, 5) is 33.2. The second kappa shape index (κ2) is 10.9. The summed E-state index contributed by atoms with van der Waals surface area (Å²) in [5, 5.41) is 11.8. The molecular weight excluding hydrogens is 512 g/mol. The van der Waals surface area contributed by atoms with Crippen molar-refractivity contribution < 1.29 is 24.2 Å². The molecule has 0 saturated carbocycles. The highest BCUT2D eigenvalue weighted by molar-refractivity contribution is 7.22. The lowest BCUT2D eigenvalue weighted by Gasteiger charge is -2.23. The third-order valence-corrected chi connectivity index (χ3v) is 7.69. The van der Waals surface area contributed by atoms with Crippen LogP contribution in [0.25, 0.3) is 16.0 Å². The number of aromatic nitrogens is 1. The van der Waals surface area contributed by atoms with E-state index in [0.717, 1.165) is 10.3 Å². The van der Waals surface area contributed by atoms with Crippen LogP contribution in [-0.4, -0.2) is 35.0 Å². The Bertz CT molecular complexity index is 1550. The van der Waals surface area contributed by atoms with Gasteiger partial charge in [-0.1, -0.05) is 49.4 Å². The van der Waals surface area contributed by atoms with E-state index in [1.165, 1.54) is 16.2 Å². The van der Waals surface area contributed by atoms with Crippen molar-refractivity contribution in [1.29, 1.82) is 0 Å². The highest BCUT2D eigenvalue weighted by atomic mass is 32.1. The Morgan fingerprint density at radius 1 is 0.949 bits per heavy atom. The van der Waals surface area contributed by atoms with Crippen molar-refractivity contribution in [1.82, 2.24) is 4.98 Å². The molecule has 0 bridgehead atoms. The number of amides is 1. The van der Waals surface area contributed by atoms with E-state index in [2.05, 4.69) is 13.8 Å². The van der Waals surface area contributed by atoms with Crippen LogP contribution in [0.2, 0.25) is 0 Å². The van der Waals surface area contributed by atoms with Crippen molar-refractivity contribution >= 4 is 44.1 Å². The number of thiazole rings is 1. The molecule has 7 nitrogen and oxygen atoms in total. The molecule has 1 fully saturated rings. The number of hydrogen-bond donors (Lipinski definition) is 1. The van der Waals surface area contributed by atoms with Gasteiger partial charge in [-0.05, 0) is 73.4 Å². The summed E-state index contributed by atoms with van der Waals surface area (Å²) in [5.74, 6) is -0.0532. The van der Waals surface area contributed by atoms with Crippen molar-refractivity contribution in [3.8, 4) is 11.5 Å². The summed E-state index contributed by atoms with van der Waals surface area (Å²) in [6, 6.07) is 19.3. The van der Waals surface area contributed by atoms with Crippen LogP contribution in [0, 0.1) is 0 Å². The maximum absolute atomic E-state index is 13.5. The Kier molecular flexibility index (Phi) is 7.39. The molecule has 4 aromatic rings. The molecule has 0 spiro atoms. The topological polar surface area (TPSA) is 89.0 Å². The number of aliphatic hydroxyl groups is 1. The lowest BCUT2D eigenvalue weighted by molar-refractivity contribution is -0.132. The molecule has 39 heavy (non-hydrogen) atoms. The number of ketones is 1. The van der Waals surface area contributed by atoms with Gasteiger partial charge in [-0.2, -0.15) is 0 Å². The Labute approximate surface area is 231 Å². The molecule has 1 aliphatic heterocycles. The van der Waals surface area contributed by atoms with Crippen molar-refractivity contribution in [3.63, 3.8) is 0 Å². The number of aliphatic hydroxyl groups excluding tert-OH is 1. The number of benzene rings is 3. The van der Waals surface area contributed by atoms with Gasteiger partial charge in [0.25, 0.3) is 5.78 Å². The quantitative estimate of drug-likeness (QED) is 0.149. The van der Waals surface area contributed by atoms with Crippen LogP contribution in [0.3, 0.4) is 0 Å². The summed E-state index contributed by atoms with van der Waals surface area (Å²) in [6.07, 6.45) is 0. The predicted octanol–water partition coefficient (Wildman–Crippen LogP) is 6.84. The lowest BCUT2D eigenvalue weighted by atomic mass is 9.93. The average Bonchev–Trinajstić information content (AvgIpc) is 3.47. The van der Waals surface area contributed by atoms with Gasteiger partial charge in [0.1, 0.15) is 17.3 Å². The largest absolute Gasteiger partial charge is 0.507 e. The zero-order valence-electron chi connectivity index (χ0n) is 22.3. The summed E-state index contributed by atoms with van der Waals surface area (Å²) in [6.45, 7) is 9.05. The predicted molar refractivity (Wildman–Crippen MR) is 154 cm³/mol. The SMILES string of the molecule is CCOc1ccc(/C(O)=C2\C(=O)C(=O)N(c3nc4ccc(OCC)cc4s3)C2c2ccc(C(C)C)cc2)cc1. The van der Waals surface area contributed by atoms with E-state index in [9.17, 15) is 14.7 Å². The zero-order chi connectivity index (χ0) is 27.7. The van der Waals surface area contributed by atoms with E-state index < -0.39 is 17.7 Å². The van der Waals surface area contributed by atoms with Gasteiger partial charge in [0.15, 0.2) is 5.13 Å². The van der Waals surface area contributed by atoms with Crippen molar-refractivity contribution in [2.24, 2.45) is 0 Å². The first-order chi connectivity index (χ1) is 18.8. The molecule has 5 rings (SSSR count). The molecule has 1 amide bonds. The van der Waals surface area contributed by atoms with Gasteiger partial charge in [0.05, 0.1) is 35.0 Å². The van der Waals surface area contributed by atoms with Gasteiger partial charge < -0.3 is 14.6 Å². The van der Waals surface area contributed by atoms with E-state index in [1.54, 1.807) is 24.3 Å². The molecule has 3 aromatic carbocycles. The Morgan fingerprint density at radius 2 is 1.59 bits per heavy atom. The Balaban J connectivity index is 1.65. The summed E-state index contributed by atoms with van der Waals surface area (Å²) < 4.78 is 12.0. The summed E-state index contributed by atoms with van der Waals surface area (Å²) >= 11 is 1.30. The normalized spacial score (nSPS) is 16.8. The van der Waals surface area contributed by atoms with E-state index in [0.29, 0.717) is 52.4 Å². The highest BCUT2D eigenvalue weighted by Crippen LogP contribution is 2.45. The molecule has 8 heteroatoms. The number of nitrogens with zero attached hydrogens (tertiary/aromatic N) is 2. The molecule has 1 saturated heterocycles. The van der Waals surface area contributed by atoms with E-state index in [1.807, 2.05) is 56.3 Å². The number of ether oxygens (including phenoxy) is 2. The molecule has 1 aromatic heterocycles. The molecule has 1 aliphatic rings. The third kappa shape index (κ3) is 5.00. The first-order valence-corrected chi connectivity index (χ1v) is 13.8. The number of carbonyl (C=O) groups is 2. The minimum absolute atomic E-state index is 0.0238. The number of fused-ring (bicyclic) bond motifs is 1. The van der Waals surface area contributed by atoms with Crippen molar-refractivity contribution in [3.05, 3.63) is 89.0 Å². The molecule has 0 radical (unpaired) electrons. The van der Waals surface area contributed by atoms with Crippen LogP contribution < -0.4 is 14.4 Å². The minimum Gasteiger partial charge on any atom is -0.507 e. The van der Waals surface area contributed by atoms with E-state index >= 15 is 0 Å². The first kappa shape index (κ1) is 26.4. The van der Waals surface area contributed by atoms with E-state index in [4.69, 9.17) is 14.5 Å². The van der Waals surface area contributed by atoms with Gasteiger partial charge in [-0.25, -0.2) is 4.98 Å². The Hall–Kier alpha value is -4.17. The van der Waals surface area contributed by atoms with Crippen LogP contribution in [0.4, 0.5) is 5.13 Å². The van der Waals surface area contributed by atoms with Gasteiger partial charge in [-0.15, -0.1) is 0 Å². The molecule has 2 heterocycles. The minimum atomic E-state index is -0.843. The number of hydrogen-bond acceptors (Lipinski definition) is 7. The third-order valence-electron chi connectivity index (χ3n) is 6.67. The molecule has 200 valence electrons. The lowest BCUT2D eigenvalue weighted by Crippen LogP contribution is -2.29.